The largest absolute Gasteiger partial charge is 0.369 e. The standard InChI is InChI=1S/C11H15Cl2N5/c1-3-18(6-9-5-15-7-16-9)11(14)17-10(13)4-8(2)12/h4-5,7H,2-3,6H2,1H3,(H2,14,17)(H,15,16)/b10-4-. The highest BCUT2D eigenvalue weighted by molar-refractivity contribution is 6.34. The second-order valence-electron chi connectivity index (χ2n) is 3.47. The molecule has 3 N–H and O–H groups in total. The Bertz CT molecular complexity index is 450. The first-order valence-corrected chi connectivity index (χ1v) is 6.06. The number of allylic oxidation sites excluding steroid dienone is 2. The molecular formula is C11H15Cl2N5. The maximum Gasteiger partial charge on any atom is 0.197 e. The fraction of sp³-hybridized carbons (Fsp3) is 0.273. The molecule has 1 aromatic heterocycles. The lowest BCUT2D eigenvalue weighted by atomic mass is 10.4. The van der Waals surface area contributed by atoms with Crippen molar-refractivity contribution in [3.8, 4) is 0 Å². The fourth-order valence-electron chi connectivity index (χ4n) is 1.27. The quantitative estimate of drug-likeness (QED) is 0.378. The van der Waals surface area contributed by atoms with Crippen LogP contribution in [0.5, 0.6) is 0 Å². The van der Waals surface area contributed by atoms with E-state index >= 15 is 0 Å². The molecule has 0 saturated carbocycles. The summed E-state index contributed by atoms with van der Waals surface area (Å²) >= 11 is 11.4. The Hall–Kier alpha value is -1.46. The van der Waals surface area contributed by atoms with Gasteiger partial charge >= 0.3 is 0 Å². The average Bonchev–Trinajstić information content (AvgIpc) is 2.76. The second-order valence-corrected chi connectivity index (χ2v) is 4.35. The zero-order valence-corrected chi connectivity index (χ0v) is 11.5. The van der Waals surface area contributed by atoms with Gasteiger partial charge in [0.1, 0.15) is 5.16 Å². The van der Waals surface area contributed by atoms with Gasteiger partial charge in [0.2, 0.25) is 0 Å². The molecule has 0 fully saturated rings. The van der Waals surface area contributed by atoms with Crippen LogP contribution < -0.4 is 5.73 Å². The Morgan fingerprint density at radius 2 is 2.39 bits per heavy atom. The van der Waals surface area contributed by atoms with Crippen molar-refractivity contribution in [3.05, 3.63) is 41.1 Å². The summed E-state index contributed by atoms with van der Waals surface area (Å²) in [5.74, 6) is 0.311. The average molecular weight is 288 g/mol. The van der Waals surface area contributed by atoms with Crippen LogP contribution in [0.4, 0.5) is 0 Å². The molecule has 7 heteroatoms. The van der Waals surface area contributed by atoms with Gasteiger partial charge < -0.3 is 15.6 Å². The van der Waals surface area contributed by atoms with Gasteiger partial charge in [-0.25, -0.2) is 9.98 Å². The number of imidazole rings is 1. The summed E-state index contributed by atoms with van der Waals surface area (Å²) < 4.78 is 0. The molecule has 0 spiro atoms. The number of rotatable bonds is 5. The molecule has 0 aliphatic heterocycles. The van der Waals surface area contributed by atoms with E-state index in [0.717, 1.165) is 5.69 Å². The van der Waals surface area contributed by atoms with Crippen LogP contribution in [0.2, 0.25) is 0 Å². The summed E-state index contributed by atoms with van der Waals surface area (Å²) in [6.07, 6.45) is 4.77. The van der Waals surface area contributed by atoms with Crippen molar-refractivity contribution < 1.29 is 0 Å². The molecule has 1 aromatic rings. The lowest BCUT2D eigenvalue weighted by molar-refractivity contribution is 0.425. The Morgan fingerprint density at radius 3 is 2.89 bits per heavy atom. The van der Waals surface area contributed by atoms with Crippen LogP contribution in [-0.2, 0) is 6.54 Å². The minimum atomic E-state index is 0.190. The number of aromatic amines is 1. The second kappa shape index (κ2) is 7.08. The summed E-state index contributed by atoms with van der Waals surface area (Å²) in [5.41, 5.74) is 6.81. The number of nitrogens with zero attached hydrogens (tertiary/aromatic N) is 3. The summed E-state index contributed by atoms with van der Waals surface area (Å²) in [4.78, 5) is 12.8. The van der Waals surface area contributed by atoms with E-state index in [9.17, 15) is 0 Å². The molecule has 1 heterocycles. The number of nitrogens with one attached hydrogen (secondary N) is 1. The van der Waals surface area contributed by atoms with Crippen LogP contribution in [0.1, 0.15) is 12.6 Å². The first-order valence-electron chi connectivity index (χ1n) is 5.31. The number of H-pyrrole nitrogens is 1. The van der Waals surface area contributed by atoms with Crippen LogP contribution in [0.25, 0.3) is 0 Å². The highest BCUT2D eigenvalue weighted by Crippen LogP contribution is 2.11. The van der Waals surface area contributed by atoms with E-state index in [-0.39, 0.29) is 5.16 Å². The number of aliphatic imine (C=N–C) groups is 1. The third kappa shape index (κ3) is 4.81. The minimum Gasteiger partial charge on any atom is -0.369 e. The van der Waals surface area contributed by atoms with Gasteiger partial charge in [-0.2, -0.15) is 0 Å². The maximum atomic E-state index is 5.87. The zero-order valence-electron chi connectivity index (χ0n) is 10.0. The summed E-state index contributed by atoms with van der Waals surface area (Å²) in [5, 5.41) is 0.490. The van der Waals surface area contributed by atoms with Gasteiger partial charge in [-0.15, -0.1) is 0 Å². The van der Waals surface area contributed by atoms with Crippen molar-refractivity contribution in [1.29, 1.82) is 0 Å². The van der Waals surface area contributed by atoms with Crippen LogP contribution in [0.15, 0.2) is 40.4 Å². The number of aromatic nitrogens is 2. The first-order chi connectivity index (χ1) is 8.52. The van der Waals surface area contributed by atoms with E-state index in [4.69, 9.17) is 28.9 Å². The molecule has 0 saturated heterocycles. The predicted molar refractivity (Wildman–Crippen MR) is 75.2 cm³/mol. The zero-order chi connectivity index (χ0) is 13.5. The Morgan fingerprint density at radius 1 is 1.67 bits per heavy atom. The molecule has 0 amide bonds. The topological polar surface area (TPSA) is 70.3 Å². The monoisotopic (exact) mass is 287 g/mol. The Balaban J connectivity index is 2.75. The van der Waals surface area contributed by atoms with Crippen molar-refractivity contribution in [2.45, 2.75) is 13.5 Å². The Kier molecular flexibility index (Phi) is 5.74. The van der Waals surface area contributed by atoms with Gasteiger partial charge in [0.25, 0.3) is 0 Å². The van der Waals surface area contributed by atoms with Crippen LogP contribution in [0.3, 0.4) is 0 Å². The normalized spacial score (nSPS) is 12.6. The van der Waals surface area contributed by atoms with Gasteiger partial charge in [-0.1, -0.05) is 29.8 Å². The number of halogens is 2. The maximum absolute atomic E-state index is 5.87. The van der Waals surface area contributed by atoms with Crippen LogP contribution in [0, 0.1) is 0 Å². The van der Waals surface area contributed by atoms with Gasteiger partial charge in [0.15, 0.2) is 5.96 Å². The van der Waals surface area contributed by atoms with Crippen LogP contribution in [-0.4, -0.2) is 27.4 Å². The van der Waals surface area contributed by atoms with Crippen molar-refractivity contribution >= 4 is 29.2 Å². The van der Waals surface area contributed by atoms with Crippen molar-refractivity contribution in [2.75, 3.05) is 6.54 Å². The SMILES string of the molecule is C=C(Cl)/C=C(Cl)\N=C(/N)N(CC)Cc1cnc[nH]1. The van der Waals surface area contributed by atoms with Crippen molar-refractivity contribution in [2.24, 2.45) is 10.7 Å². The molecule has 0 unspecified atom stereocenters. The summed E-state index contributed by atoms with van der Waals surface area (Å²) in [6, 6.07) is 0. The molecule has 0 bridgehead atoms. The third-order valence-electron chi connectivity index (χ3n) is 2.12. The molecule has 0 aliphatic rings. The van der Waals surface area contributed by atoms with Crippen LogP contribution >= 0.6 is 23.2 Å². The molecule has 18 heavy (non-hydrogen) atoms. The predicted octanol–water partition coefficient (Wildman–Crippen LogP) is 2.38. The van der Waals surface area contributed by atoms with E-state index < -0.39 is 0 Å². The van der Waals surface area contributed by atoms with E-state index in [0.29, 0.717) is 24.1 Å². The first kappa shape index (κ1) is 14.6. The molecular weight excluding hydrogens is 273 g/mol. The molecule has 1 rings (SSSR count). The molecule has 0 aromatic carbocycles. The highest BCUT2D eigenvalue weighted by Gasteiger charge is 2.07. The number of hydrogen-bond acceptors (Lipinski definition) is 2. The third-order valence-corrected chi connectivity index (χ3v) is 2.42. The molecule has 0 atom stereocenters. The van der Waals surface area contributed by atoms with E-state index in [1.165, 1.54) is 6.08 Å². The van der Waals surface area contributed by atoms with Gasteiger partial charge in [-0.05, 0) is 13.0 Å². The lowest BCUT2D eigenvalue weighted by Gasteiger charge is -2.20. The van der Waals surface area contributed by atoms with E-state index in [1.54, 1.807) is 12.5 Å². The molecule has 98 valence electrons. The fourth-order valence-corrected chi connectivity index (χ4v) is 1.65. The summed E-state index contributed by atoms with van der Waals surface area (Å²) in [7, 11) is 0. The van der Waals surface area contributed by atoms with Crippen molar-refractivity contribution in [1.82, 2.24) is 14.9 Å². The molecule has 0 aliphatic carbocycles. The summed E-state index contributed by atoms with van der Waals surface area (Å²) in [6.45, 7) is 6.74. The van der Waals surface area contributed by atoms with E-state index in [1.807, 2.05) is 11.8 Å². The Labute approximate surface area is 116 Å². The molecule has 5 nitrogen and oxygen atoms in total. The smallest absolute Gasteiger partial charge is 0.197 e. The lowest BCUT2D eigenvalue weighted by Crippen LogP contribution is -2.36. The number of nitrogens with two attached hydrogens (primary N) is 1. The van der Waals surface area contributed by atoms with E-state index in [2.05, 4.69) is 21.5 Å². The number of guanidine groups is 1. The van der Waals surface area contributed by atoms with Gasteiger partial charge in [0.05, 0.1) is 18.6 Å². The van der Waals surface area contributed by atoms with Gasteiger partial charge in [-0.3, -0.25) is 0 Å². The highest BCUT2D eigenvalue weighted by atomic mass is 35.5. The number of hydrogen-bond donors (Lipinski definition) is 2. The van der Waals surface area contributed by atoms with Gasteiger partial charge in [0, 0.05) is 17.8 Å². The minimum absolute atomic E-state index is 0.190. The van der Waals surface area contributed by atoms with Crippen molar-refractivity contribution in [3.63, 3.8) is 0 Å². The molecule has 0 radical (unpaired) electrons.